The van der Waals surface area contributed by atoms with Gasteiger partial charge in [0.2, 0.25) is 5.91 Å². The molecule has 1 fully saturated rings. The number of hydrogen-bond acceptors (Lipinski definition) is 2. The molecule has 3 nitrogen and oxygen atoms in total. The molecular formula is C21H26N2O. The molecule has 1 aliphatic carbocycles. The molecule has 3 heteroatoms. The second-order valence-corrected chi connectivity index (χ2v) is 6.63. The molecule has 0 aromatic heterocycles. The van der Waals surface area contributed by atoms with Crippen molar-refractivity contribution in [3.8, 4) is 0 Å². The molecule has 0 saturated heterocycles. The summed E-state index contributed by atoms with van der Waals surface area (Å²) in [4.78, 5) is 12.5. The fourth-order valence-electron chi connectivity index (χ4n) is 3.40. The quantitative estimate of drug-likeness (QED) is 0.849. The van der Waals surface area contributed by atoms with Crippen LogP contribution in [0.2, 0.25) is 0 Å². The average Bonchev–Trinajstić information content (AvgIpc) is 3.14. The van der Waals surface area contributed by atoms with E-state index in [4.69, 9.17) is 0 Å². The smallest absolute Gasteiger partial charge is 0.237 e. The molecule has 24 heavy (non-hydrogen) atoms. The van der Waals surface area contributed by atoms with Crippen LogP contribution in [0, 0.1) is 0 Å². The van der Waals surface area contributed by atoms with Crippen LogP contribution in [0.25, 0.3) is 0 Å². The van der Waals surface area contributed by atoms with Crippen molar-refractivity contribution in [2.24, 2.45) is 0 Å². The Balaban J connectivity index is 1.72. The SMILES string of the molecule is CC(NC(c1ccccc1)c1ccccc1)C(=O)NC1CCCC1. The van der Waals surface area contributed by atoms with Crippen molar-refractivity contribution in [2.75, 3.05) is 0 Å². The summed E-state index contributed by atoms with van der Waals surface area (Å²) in [6.45, 7) is 1.95. The number of amides is 1. The molecule has 0 heterocycles. The maximum absolute atomic E-state index is 12.5. The topological polar surface area (TPSA) is 41.1 Å². The predicted molar refractivity (Wildman–Crippen MR) is 97.7 cm³/mol. The first kappa shape index (κ1) is 16.7. The lowest BCUT2D eigenvalue weighted by molar-refractivity contribution is -0.123. The summed E-state index contributed by atoms with van der Waals surface area (Å²) in [6.07, 6.45) is 4.67. The normalized spacial score (nSPS) is 16.2. The van der Waals surface area contributed by atoms with Gasteiger partial charge in [0.1, 0.15) is 0 Å². The highest BCUT2D eigenvalue weighted by Gasteiger charge is 2.23. The van der Waals surface area contributed by atoms with Gasteiger partial charge in [0.05, 0.1) is 12.1 Å². The van der Waals surface area contributed by atoms with E-state index in [2.05, 4.69) is 34.9 Å². The highest BCUT2D eigenvalue weighted by Crippen LogP contribution is 2.23. The van der Waals surface area contributed by atoms with Gasteiger partial charge in [0.25, 0.3) is 0 Å². The van der Waals surface area contributed by atoms with Gasteiger partial charge >= 0.3 is 0 Å². The number of carbonyl (C=O) groups excluding carboxylic acids is 1. The van der Waals surface area contributed by atoms with Crippen LogP contribution in [0.1, 0.15) is 49.8 Å². The van der Waals surface area contributed by atoms with Gasteiger partial charge in [-0.1, -0.05) is 73.5 Å². The van der Waals surface area contributed by atoms with E-state index in [1.807, 2.05) is 43.3 Å². The minimum atomic E-state index is -0.240. The summed E-state index contributed by atoms with van der Waals surface area (Å²) in [5.74, 6) is 0.0961. The van der Waals surface area contributed by atoms with Gasteiger partial charge in [-0.15, -0.1) is 0 Å². The maximum atomic E-state index is 12.5. The number of nitrogens with one attached hydrogen (secondary N) is 2. The van der Waals surface area contributed by atoms with E-state index in [1.165, 1.54) is 24.0 Å². The Bertz CT molecular complexity index is 596. The van der Waals surface area contributed by atoms with Crippen LogP contribution in [0.5, 0.6) is 0 Å². The van der Waals surface area contributed by atoms with Crippen molar-refractivity contribution in [1.82, 2.24) is 10.6 Å². The van der Waals surface area contributed by atoms with Gasteiger partial charge < -0.3 is 5.32 Å². The molecule has 2 aromatic carbocycles. The Kier molecular flexibility index (Phi) is 5.65. The molecule has 0 bridgehead atoms. The first-order chi connectivity index (χ1) is 11.7. The Labute approximate surface area is 144 Å². The molecule has 2 N–H and O–H groups in total. The van der Waals surface area contributed by atoms with Crippen LogP contribution in [0.15, 0.2) is 60.7 Å². The van der Waals surface area contributed by atoms with Crippen LogP contribution in [0.3, 0.4) is 0 Å². The van der Waals surface area contributed by atoms with E-state index in [-0.39, 0.29) is 18.0 Å². The van der Waals surface area contributed by atoms with E-state index in [0.717, 1.165) is 12.8 Å². The van der Waals surface area contributed by atoms with Gasteiger partial charge in [0, 0.05) is 6.04 Å². The summed E-state index contributed by atoms with van der Waals surface area (Å²) < 4.78 is 0. The van der Waals surface area contributed by atoms with Crippen LogP contribution < -0.4 is 10.6 Å². The van der Waals surface area contributed by atoms with E-state index < -0.39 is 0 Å². The second-order valence-electron chi connectivity index (χ2n) is 6.63. The minimum Gasteiger partial charge on any atom is -0.352 e. The van der Waals surface area contributed by atoms with Crippen LogP contribution in [-0.4, -0.2) is 18.0 Å². The molecule has 1 amide bonds. The number of carbonyl (C=O) groups is 1. The molecule has 0 spiro atoms. The first-order valence-corrected chi connectivity index (χ1v) is 8.90. The fraction of sp³-hybridized carbons (Fsp3) is 0.381. The standard InChI is InChI=1S/C21H26N2O/c1-16(21(24)23-19-14-8-9-15-19)22-20(17-10-4-2-5-11-17)18-12-6-3-7-13-18/h2-7,10-13,16,19-20,22H,8-9,14-15H2,1H3,(H,23,24). The lowest BCUT2D eigenvalue weighted by atomic mass is 9.98. The molecule has 126 valence electrons. The summed E-state index contributed by atoms with van der Waals surface area (Å²) in [5.41, 5.74) is 2.34. The van der Waals surface area contributed by atoms with E-state index in [9.17, 15) is 4.79 Å². The van der Waals surface area contributed by atoms with Crippen LogP contribution in [-0.2, 0) is 4.79 Å². The Morgan fingerprint density at radius 1 is 0.917 bits per heavy atom. The Morgan fingerprint density at radius 3 is 1.92 bits per heavy atom. The van der Waals surface area contributed by atoms with Crippen molar-refractivity contribution in [3.63, 3.8) is 0 Å². The van der Waals surface area contributed by atoms with E-state index in [0.29, 0.717) is 6.04 Å². The van der Waals surface area contributed by atoms with Crippen molar-refractivity contribution >= 4 is 5.91 Å². The second kappa shape index (κ2) is 8.11. The molecule has 3 rings (SSSR count). The number of benzene rings is 2. The van der Waals surface area contributed by atoms with E-state index in [1.54, 1.807) is 0 Å². The Hall–Kier alpha value is -2.13. The largest absolute Gasteiger partial charge is 0.352 e. The van der Waals surface area contributed by atoms with Gasteiger partial charge in [0.15, 0.2) is 0 Å². The minimum absolute atomic E-state index is 0.0109. The molecule has 0 radical (unpaired) electrons. The zero-order valence-electron chi connectivity index (χ0n) is 14.2. The molecule has 2 aromatic rings. The van der Waals surface area contributed by atoms with Gasteiger partial charge in [-0.3, -0.25) is 10.1 Å². The van der Waals surface area contributed by atoms with E-state index >= 15 is 0 Å². The number of hydrogen-bond donors (Lipinski definition) is 2. The maximum Gasteiger partial charge on any atom is 0.237 e. The third-order valence-corrected chi connectivity index (χ3v) is 4.78. The summed E-state index contributed by atoms with van der Waals surface area (Å²) in [7, 11) is 0. The first-order valence-electron chi connectivity index (χ1n) is 8.90. The summed E-state index contributed by atoms with van der Waals surface area (Å²) >= 11 is 0. The van der Waals surface area contributed by atoms with Crippen LogP contribution in [0.4, 0.5) is 0 Å². The van der Waals surface area contributed by atoms with Crippen molar-refractivity contribution in [3.05, 3.63) is 71.8 Å². The average molecular weight is 322 g/mol. The lowest BCUT2D eigenvalue weighted by Crippen LogP contribution is -2.46. The molecule has 1 saturated carbocycles. The summed E-state index contributed by atoms with van der Waals surface area (Å²) in [5, 5.41) is 6.70. The molecule has 0 aliphatic heterocycles. The van der Waals surface area contributed by atoms with Gasteiger partial charge in [-0.25, -0.2) is 0 Å². The van der Waals surface area contributed by atoms with Crippen molar-refractivity contribution < 1.29 is 4.79 Å². The fourth-order valence-corrected chi connectivity index (χ4v) is 3.40. The van der Waals surface area contributed by atoms with Crippen molar-refractivity contribution in [2.45, 2.75) is 50.7 Å². The predicted octanol–water partition coefficient (Wildman–Crippen LogP) is 3.81. The molecular weight excluding hydrogens is 296 g/mol. The van der Waals surface area contributed by atoms with Gasteiger partial charge in [-0.05, 0) is 30.9 Å². The monoisotopic (exact) mass is 322 g/mol. The highest BCUT2D eigenvalue weighted by atomic mass is 16.2. The van der Waals surface area contributed by atoms with Gasteiger partial charge in [-0.2, -0.15) is 0 Å². The third kappa shape index (κ3) is 4.24. The molecule has 1 aliphatic rings. The summed E-state index contributed by atoms with van der Waals surface area (Å²) in [6, 6.07) is 20.7. The van der Waals surface area contributed by atoms with Crippen molar-refractivity contribution in [1.29, 1.82) is 0 Å². The zero-order valence-corrected chi connectivity index (χ0v) is 14.2. The number of rotatable bonds is 6. The van der Waals surface area contributed by atoms with Crippen LogP contribution >= 0.6 is 0 Å². The zero-order chi connectivity index (χ0) is 16.8. The Morgan fingerprint density at radius 2 is 1.42 bits per heavy atom. The molecule has 1 unspecified atom stereocenters. The third-order valence-electron chi connectivity index (χ3n) is 4.78. The highest BCUT2D eigenvalue weighted by molar-refractivity contribution is 5.81. The molecule has 1 atom stereocenters. The lowest BCUT2D eigenvalue weighted by Gasteiger charge is -2.25.